The maximum atomic E-state index is 14.0. The van der Waals surface area contributed by atoms with Crippen LogP contribution in [0, 0.1) is 35.3 Å². The number of nitrogens with zero attached hydrogens (tertiary/aromatic N) is 2. The van der Waals surface area contributed by atoms with Crippen molar-refractivity contribution < 1.29 is 18.4 Å². The van der Waals surface area contributed by atoms with Crippen molar-refractivity contribution in [1.82, 2.24) is 15.5 Å². The molecule has 2 saturated carbocycles. The Balaban J connectivity index is 1.14. The van der Waals surface area contributed by atoms with Crippen LogP contribution in [0.25, 0.3) is 0 Å². The van der Waals surface area contributed by atoms with E-state index >= 15 is 0 Å². The fourth-order valence-electron chi connectivity index (χ4n) is 5.64. The van der Waals surface area contributed by atoms with Crippen LogP contribution < -0.4 is 10.6 Å². The summed E-state index contributed by atoms with van der Waals surface area (Å²) < 4.78 is 28.0. The number of hydrogen-bond acceptors (Lipinski definition) is 3. The number of guanidine groups is 1. The summed E-state index contributed by atoms with van der Waals surface area (Å²) >= 11 is 0. The van der Waals surface area contributed by atoms with Gasteiger partial charge in [-0.2, -0.15) is 0 Å². The van der Waals surface area contributed by atoms with E-state index in [-0.39, 0.29) is 53.0 Å². The second kappa shape index (κ2) is 8.30. The number of likely N-dealkylation sites (tertiary alicyclic amines) is 1. The van der Waals surface area contributed by atoms with Gasteiger partial charge in [-0.15, -0.1) is 0 Å². The van der Waals surface area contributed by atoms with E-state index in [1.807, 2.05) is 6.92 Å². The normalized spacial score (nSPS) is 32.6. The smallest absolute Gasteiger partial charge is 0.233 e. The summed E-state index contributed by atoms with van der Waals surface area (Å²) in [6, 6.07) is 3.85. The number of imide groups is 1. The number of allylic oxidation sites excluding steroid dienone is 2. The largest absolute Gasteiger partial charge is 0.357 e. The Labute approximate surface area is 186 Å². The second-order valence-electron chi connectivity index (χ2n) is 9.17. The van der Waals surface area contributed by atoms with Crippen molar-refractivity contribution in [2.24, 2.45) is 28.7 Å². The molecule has 0 aromatic heterocycles. The average molecular weight is 443 g/mol. The maximum Gasteiger partial charge on any atom is 0.233 e. The number of carbonyl (C=O) groups excluding carboxylic acids is 2. The van der Waals surface area contributed by atoms with Crippen molar-refractivity contribution in [2.45, 2.75) is 38.1 Å². The number of aliphatic imine (C=N–C) groups is 1. The van der Waals surface area contributed by atoms with Gasteiger partial charge in [0.25, 0.3) is 0 Å². The molecular formula is C24H28F2N4O2. The van der Waals surface area contributed by atoms with Gasteiger partial charge in [0.05, 0.1) is 11.8 Å². The summed E-state index contributed by atoms with van der Waals surface area (Å²) in [6.45, 7) is 3.41. The molecule has 6 unspecified atom stereocenters. The Bertz CT molecular complexity index is 944. The van der Waals surface area contributed by atoms with Crippen molar-refractivity contribution >= 4 is 17.8 Å². The number of amides is 2. The molecule has 2 N–H and O–H groups in total. The summed E-state index contributed by atoms with van der Waals surface area (Å²) in [4.78, 5) is 31.5. The molecule has 1 aromatic rings. The van der Waals surface area contributed by atoms with Crippen LogP contribution in [0.3, 0.4) is 0 Å². The minimum absolute atomic E-state index is 0.0291. The number of benzene rings is 1. The standard InChI is InChI=1S/C24H28F2N4O2/c1-2-27-24(29-18-12-15(18)21-16(25)5-3-6-17(21)26)28-9-4-10-30-22(31)19-13-7-8-14(11-13)20(19)23(30)32/h3,5-8,13-15,18-20H,2,4,9-12H2,1H3,(H2,27,28,29). The van der Waals surface area contributed by atoms with Gasteiger partial charge in [0.15, 0.2) is 5.96 Å². The highest BCUT2D eigenvalue weighted by molar-refractivity contribution is 6.06. The number of hydrogen-bond donors (Lipinski definition) is 2. The van der Waals surface area contributed by atoms with Gasteiger partial charge in [-0.25, -0.2) is 8.78 Å². The Morgan fingerprint density at radius 3 is 2.38 bits per heavy atom. The Kier molecular flexibility index (Phi) is 5.47. The van der Waals surface area contributed by atoms with E-state index in [1.54, 1.807) is 0 Å². The van der Waals surface area contributed by atoms with Crippen LogP contribution in [-0.2, 0) is 9.59 Å². The van der Waals surface area contributed by atoms with Crippen LogP contribution in [-0.4, -0.2) is 48.3 Å². The third-order valence-electron chi connectivity index (χ3n) is 7.20. The zero-order valence-corrected chi connectivity index (χ0v) is 18.1. The molecule has 4 aliphatic rings. The van der Waals surface area contributed by atoms with E-state index in [2.05, 4.69) is 27.8 Å². The first-order chi connectivity index (χ1) is 15.5. The molecule has 6 atom stereocenters. The van der Waals surface area contributed by atoms with E-state index in [0.29, 0.717) is 38.4 Å². The van der Waals surface area contributed by atoms with Crippen LogP contribution in [0.2, 0.25) is 0 Å². The first-order valence-corrected chi connectivity index (χ1v) is 11.5. The predicted octanol–water partition coefficient (Wildman–Crippen LogP) is 2.57. The lowest BCUT2D eigenvalue weighted by molar-refractivity contribution is -0.140. The van der Waals surface area contributed by atoms with Crippen molar-refractivity contribution in [3.05, 3.63) is 47.5 Å². The molecular weight excluding hydrogens is 414 g/mol. The number of rotatable bonds is 7. The number of fused-ring (bicyclic) bond motifs is 5. The molecule has 0 radical (unpaired) electrons. The first-order valence-electron chi connectivity index (χ1n) is 11.5. The van der Waals surface area contributed by atoms with Crippen molar-refractivity contribution in [3.63, 3.8) is 0 Å². The van der Waals surface area contributed by atoms with Crippen molar-refractivity contribution in [2.75, 3.05) is 19.6 Å². The van der Waals surface area contributed by atoms with E-state index in [9.17, 15) is 18.4 Å². The lowest BCUT2D eigenvalue weighted by Crippen LogP contribution is -2.39. The molecule has 170 valence electrons. The first kappa shape index (κ1) is 21.1. The molecule has 1 heterocycles. The van der Waals surface area contributed by atoms with E-state index < -0.39 is 11.6 Å². The molecule has 1 saturated heterocycles. The minimum atomic E-state index is -0.519. The molecule has 0 spiro atoms. The van der Waals surface area contributed by atoms with Gasteiger partial charge in [-0.1, -0.05) is 18.2 Å². The third kappa shape index (κ3) is 3.59. The van der Waals surface area contributed by atoms with Gasteiger partial charge in [0.1, 0.15) is 11.6 Å². The Morgan fingerprint density at radius 1 is 1.09 bits per heavy atom. The zero-order chi connectivity index (χ0) is 22.4. The van der Waals surface area contributed by atoms with Crippen LogP contribution in [0.5, 0.6) is 0 Å². The molecule has 3 aliphatic carbocycles. The molecule has 6 nitrogen and oxygen atoms in total. The monoisotopic (exact) mass is 442 g/mol. The van der Waals surface area contributed by atoms with Gasteiger partial charge < -0.3 is 10.6 Å². The van der Waals surface area contributed by atoms with Gasteiger partial charge in [-0.3, -0.25) is 19.5 Å². The number of nitrogens with one attached hydrogen (secondary N) is 2. The molecule has 8 heteroatoms. The lowest BCUT2D eigenvalue weighted by Gasteiger charge is -2.17. The summed E-state index contributed by atoms with van der Waals surface area (Å²) in [5.74, 6) is -0.615. The third-order valence-corrected chi connectivity index (χ3v) is 7.20. The summed E-state index contributed by atoms with van der Waals surface area (Å²) in [6.07, 6.45) is 6.33. The van der Waals surface area contributed by atoms with Crippen molar-refractivity contribution in [3.8, 4) is 0 Å². The van der Waals surface area contributed by atoms with Crippen LogP contribution in [0.15, 0.2) is 35.3 Å². The molecule has 32 heavy (non-hydrogen) atoms. The molecule has 2 bridgehead atoms. The van der Waals surface area contributed by atoms with Crippen LogP contribution >= 0.6 is 0 Å². The predicted molar refractivity (Wildman–Crippen MR) is 116 cm³/mol. The quantitative estimate of drug-likeness (QED) is 0.224. The highest BCUT2D eigenvalue weighted by atomic mass is 19.1. The van der Waals surface area contributed by atoms with Gasteiger partial charge in [0.2, 0.25) is 11.8 Å². The SMILES string of the molecule is CCNC(=NCCCN1C(=O)C2C3C=CC(C3)C2C1=O)NC1CC1c1c(F)cccc1F. The zero-order valence-electron chi connectivity index (χ0n) is 18.1. The number of carbonyl (C=O) groups is 2. The minimum Gasteiger partial charge on any atom is -0.357 e. The fourth-order valence-corrected chi connectivity index (χ4v) is 5.64. The molecule has 5 rings (SSSR count). The summed E-state index contributed by atoms with van der Waals surface area (Å²) in [5.41, 5.74) is 0.126. The lowest BCUT2D eigenvalue weighted by atomic mass is 9.85. The van der Waals surface area contributed by atoms with Gasteiger partial charge in [0, 0.05) is 37.2 Å². The Hall–Kier alpha value is -2.77. The van der Waals surface area contributed by atoms with Gasteiger partial charge in [-0.05, 0) is 50.2 Å². The highest BCUT2D eigenvalue weighted by Crippen LogP contribution is 2.52. The van der Waals surface area contributed by atoms with E-state index in [0.717, 1.165) is 6.42 Å². The van der Waals surface area contributed by atoms with Crippen LogP contribution in [0.4, 0.5) is 8.78 Å². The van der Waals surface area contributed by atoms with E-state index in [4.69, 9.17) is 0 Å². The average Bonchev–Trinajstić information content (AvgIpc) is 3.09. The molecule has 1 aliphatic heterocycles. The summed E-state index contributed by atoms with van der Waals surface area (Å²) in [5, 5.41) is 6.39. The summed E-state index contributed by atoms with van der Waals surface area (Å²) in [7, 11) is 0. The van der Waals surface area contributed by atoms with Gasteiger partial charge >= 0.3 is 0 Å². The molecule has 3 fully saturated rings. The molecule has 1 aromatic carbocycles. The topological polar surface area (TPSA) is 73.8 Å². The number of halogens is 2. The highest BCUT2D eigenvalue weighted by Gasteiger charge is 2.58. The maximum absolute atomic E-state index is 14.0. The van der Waals surface area contributed by atoms with Crippen LogP contribution in [0.1, 0.15) is 37.7 Å². The van der Waals surface area contributed by atoms with Crippen molar-refractivity contribution in [1.29, 1.82) is 0 Å². The fraction of sp³-hybridized carbons (Fsp3) is 0.542. The Morgan fingerprint density at radius 2 is 1.75 bits per heavy atom. The molecule has 2 amide bonds. The van der Waals surface area contributed by atoms with E-state index in [1.165, 1.54) is 23.1 Å². The second-order valence-corrected chi connectivity index (χ2v) is 9.17.